The molecule has 3 aromatic rings. The van der Waals surface area contributed by atoms with E-state index in [0.717, 1.165) is 5.52 Å². The molecule has 0 aliphatic rings. The average molecular weight is 343 g/mol. The van der Waals surface area contributed by atoms with Crippen LogP contribution >= 0.6 is 28.1 Å². The first kappa shape index (κ1) is 12.5. The molecule has 5 nitrogen and oxygen atoms in total. The van der Waals surface area contributed by atoms with E-state index in [0.29, 0.717) is 33.0 Å². The predicted octanol–water partition coefficient (Wildman–Crippen LogP) is 3.34. The van der Waals surface area contributed by atoms with Crippen LogP contribution < -0.4 is 0 Å². The number of aryl methyl sites for hydroxylation is 1. The molecule has 0 atom stereocenters. The van der Waals surface area contributed by atoms with E-state index in [4.69, 9.17) is 16.7 Å². The van der Waals surface area contributed by atoms with Crippen molar-refractivity contribution in [3.63, 3.8) is 0 Å². The molecule has 1 N–H and O–H groups in total. The molecule has 2 aromatic heterocycles. The van der Waals surface area contributed by atoms with E-state index in [1.807, 2.05) is 0 Å². The van der Waals surface area contributed by atoms with E-state index in [9.17, 15) is 4.39 Å². The fourth-order valence-electron chi connectivity index (χ4n) is 1.85. The van der Waals surface area contributed by atoms with Gasteiger partial charge < -0.3 is 14.1 Å². The molecule has 19 heavy (non-hydrogen) atoms. The molecule has 0 amide bonds. The van der Waals surface area contributed by atoms with Crippen LogP contribution in [0, 0.1) is 17.5 Å². The third kappa shape index (κ3) is 2.21. The van der Waals surface area contributed by atoms with E-state index >= 15 is 0 Å². The monoisotopic (exact) mass is 342 g/mol. The molecule has 2 heterocycles. The van der Waals surface area contributed by atoms with Crippen LogP contribution in [0.4, 0.5) is 4.39 Å². The van der Waals surface area contributed by atoms with Gasteiger partial charge in [-0.05, 0) is 41.1 Å². The summed E-state index contributed by atoms with van der Waals surface area (Å²) < 4.78 is 21.2. The number of rotatable bonds is 2. The van der Waals surface area contributed by atoms with E-state index in [-0.39, 0.29) is 5.82 Å². The predicted molar refractivity (Wildman–Crippen MR) is 72.9 cm³/mol. The number of imidazole rings is 1. The number of H-pyrrole nitrogens is 1. The Morgan fingerprint density at radius 2 is 2.32 bits per heavy atom. The number of nitrogens with one attached hydrogen (secondary N) is 1. The second-order valence-corrected chi connectivity index (χ2v) is 5.28. The highest BCUT2D eigenvalue weighted by atomic mass is 79.9. The lowest BCUT2D eigenvalue weighted by Gasteiger charge is -2.01. The number of halogens is 2. The second-order valence-electron chi connectivity index (χ2n) is 4.04. The average Bonchev–Trinajstić information content (AvgIpc) is 2.87. The molecule has 8 heteroatoms. The molecule has 0 saturated carbocycles. The summed E-state index contributed by atoms with van der Waals surface area (Å²) >= 11 is 8.37. The van der Waals surface area contributed by atoms with Crippen molar-refractivity contribution in [3.8, 4) is 0 Å². The van der Waals surface area contributed by atoms with Crippen molar-refractivity contribution in [3.05, 3.63) is 38.9 Å². The van der Waals surface area contributed by atoms with Gasteiger partial charge in [-0.3, -0.25) is 0 Å². The van der Waals surface area contributed by atoms with Gasteiger partial charge >= 0.3 is 0 Å². The zero-order chi connectivity index (χ0) is 13.6. The van der Waals surface area contributed by atoms with Crippen LogP contribution in [0.1, 0.15) is 11.7 Å². The van der Waals surface area contributed by atoms with Gasteiger partial charge in [0, 0.05) is 6.07 Å². The molecule has 1 aromatic carbocycles. The van der Waals surface area contributed by atoms with Crippen LogP contribution in [0.3, 0.4) is 0 Å². The van der Waals surface area contributed by atoms with Crippen molar-refractivity contribution < 1.29 is 8.91 Å². The van der Waals surface area contributed by atoms with E-state index in [2.05, 4.69) is 31.1 Å². The number of aromatic nitrogens is 4. The standard InChI is InChI=1S/C11H8BrFN4OS/c1-5-14-10(18-16-5)4-17-9-3-7(13)6(12)2-8(9)15-11(17)19/h2-3H,4H2,1H3,(H,15,19). The van der Waals surface area contributed by atoms with Crippen LogP contribution in [0.2, 0.25) is 0 Å². The minimum absolute atomic E-state index is 0.306. The smallest absolute Gasteiger partial charge is 0.246 e. The number of hydrogen-bond donors (Lipinski definition) is 1. The Balaban J connectivity index is 2.15. The molecular weight excluding hydrogens is 335 g/mol. The van der Waals surface area contributed by atoms with Crippen LogP contribution in [0.25, 0.3) is 11.0 Å². The van der Waals surface area contributed by atoms with Crippen molar-refractivity contribution >= 4 is 39.2 Å². The number of hydrogen-bond acceptors (Lipinski definition) is 4. The molecule has 0 saturated heterocycles. The maximum absolute atomic E-state index is 13.6. The second kappa shape index (κ2) is 4.53. The number of fused-ring (bicyclic) bond motifs is 1. The molecule has 0 fully saturated rings. The normalized spacial score (nSPS) is 11.3. The van der Waals surface area contributed by atoms with Gasteiger partial charge in [-0.1, -0.05) is 5.16 Å². The lowest BCUT2D eigenvalue weighted by Crippen LogP contribution is -2.00. The van der Waals surface area contributed by atoms with Gasteiger partial charge in [0.05, 0.1) is 15.5 Å². The van der Waals surface area contributed by atoms with Crippen LogP contribution in [0.15, 0.2) is 21.1 Å². The highest BCUT2D eigenvalue weighted by Gasteiger charge is 2.11. The first-order chi connectivity index (χ1) is 9.04. The molecule has 0 unspecified atom stereocenters. The molecule has 0 bridgehead atoms. The minimum Gasteiger partial charge on any atom is -0.337 e. The van der Waals surface area contributed by atoms with Gasteiger partial charge in [0.25, 0.3) is 0 Å². The summed E-state index contributed by atoms with van der Waals surface area (Å²) in [6, 6.07) is 3.06. The molecule has 98 valence electrons. The molecule has 0 aliphatic carbocycles. The van der Waals surface area contributed by atoms with Crippen LogP contribution in [-0.2, 0) is 6.54 Å². The first-order valence-corrected chi connectivity index (χ1v) is 6.61. The zero-order valence-electron chi connectivity index (χ0n) is 9.78. The molecule has 0 aliphatic heterocycles. The van der Waals surface area contributed by atoms with Crippen LogP contribution in [-0.4, -0.2) is 19.7 Å². The quantitative estimate of drug-likeness (QED) is 0.725. The van der Waals surface area contributed by atoms with Crippen molar-refractivity contribution in [2.24, 2.45) is 0 Å². The molecule has 0 radical (unpaired) electrons. The van der Waals surface area contributed by atoms with Gasteiger partial charge in [0.15, 0.2) is 10.6 Å². The van der Waals surface area contributed by atoms with Crippen LogP contribution in [0.5, 0.6) is 0 Å². The molecule has 3 rings (SSSR count). The Labute approximate surface area is 120 Å². The maximum atomic E-state index is 13.6. The first-order valence-electron chi connectivity index (χ1n) is 5.41. The van der Waals surface area contributed by atoms with Gasteiger partial charge in [0.1, 0.15) is 12.4 Å². The summed E-state index contributed by atoms with van der Waals surface area (Å²) in [6.07, 6.45) is 0. The summed E-state index contributed by atoms with van der Waals surface area (Å²) in [6.45, 7) is 2.04. The fourth-order valence-corrected chi connectivity index (χ4v) is 2.46. The Morgan fingerprint density at radius 1 is 1.53 bits per heavy atom. The Morgan fingerprint density at radius 3 is 3.00 bits per heavy atom. The maximum Gasteiger partial charge on any atom is 0.246 e. The lowest BCUT2D eigenvalue weighted by atomic mass is 10.3. The number of nitrogens with zero attached hydrogens (tertiary/aromatic N) is 3. The Kier molecular flexibility index (Phi) is 2.98. The highest BCUT2D eigenvalue weighted by Crippen LogP contribution is 2.23. The largest absolute Gasteiger partial charge is 0.337 e. The topological polar surface area (TPSA) is 59.6 Å². The SMILES string of the molecule is Cc1noc(Cn2c(=S)[nH]c3cc(Br)c(F)cc32)n1. The number of benzene rings is 1. The molecular formula is C11H8BrFN4OS. The summed E-state index contributed by atoms with van der Waals surface area (Å²) in [4.78, 5) is 7.13. The van der Waals surface area contributed by atoms with Gasteiger partial charge in [-0.25, -0.2) is 4.39 Å². The highest BCUT2D eigenvalue weighted by molar-refractivity contribution is 9.10. The van der Waals surface area contributed by atoms with Gasteiger partial charge in [-0.2, -0.15) is 4.98 Å². The summed E-state index contributed by atoms with van der Waals surface area (Å²) in [5, 5.41) is 3.71. The third-order valence-electron chi connectivity index (χ3n) is 2.68. The van der Waals surface area contributed by atoms with Gasteiger partial charge in [0.2, 0.25) is 5.89 Å². The van der Waals surface area contributed by atoms with E-state index < -0.39 is 0 Å². The Bertz CT molecular complexity index is 822. The van der Waals surface area contributed by atoms with E-state index in [1.165, 1.54) is 6.07 Å². The van der Waals surface area contributed by atoms with E-state index in [1.54, 1.807) is 17.6 Å². The third-order valence-corrected chi connectivity index (χ3v) is 3.61. The van der Waals surface area contributed by atoms with Crippen molar-refractivity contribution in [2.45, 2.75) is 13.5 Å². The number of aromatic amines is 1. The van der Waals surface area contributed by atoms with Crippen molar-refractivity contribution in [2.75, 3.05) is 0 Å². The minimum atomic E-state index is -0.350. The van der Waals surface area contributed by atoms with Gasteiger partial charge in [-0.15, -0.1) is 0 Å². The van der Waals surface area contributed by atoms with Crippen molar-refractivity contribution in [1.82, 2.24) is 19.7 Å². The molecule has 0 spiro atoms. The zero-order valence-corrected chi connectivity index (χ0v) is 12.2. The summed E-state index contributed by atoms with van der Waals surface area (Å²) in [5.41, 5.74) is 1.40. The van der Waals surface area contributed by atoms with Crippen molar-refractivity contribution in [1.29, 1.82) is 0 Å². The lowest BCUT2D eigenvalue weighted by molar-refractivity contribution is 0.368. The Hall–Kier alpha value is -1.54. The fraction of sp³-hybridized carbons (Fsp3) is 0.182. The summed E-state index contributed by atoms with van der Waals surface area (Å²) in [7, 11) is 0. The summed E-state index contributed by atoms with van der Waals surface area (Å²) in [5.74, 6) is 0.630.